The van der Waals surface area contributed by atoms with Gasteiger partial charge in [0.1, 0.15) is 17.9 Å². The molecule has 2 saturated carbocycles. The van der Waals surface area contributed by atoms with Gasteiger partial charge in [0.05, 0.1) is 17.3 Å². The fraction of sp³-hybridized carbons (Fsp3) is 0.541. The average molecular weight is 695 g/mol. The Balaban J connectivity index is 1.32. The number of anilines is 1. The summed E-state index contributed by atoms with van der Waals surface area (Å²) >= 11 is 0. The Morgan fingerprint density at radius 3 is 2.30 bits per heavy atom. The monoisotopic (exact) mass is 694 g/mol. The molecule has 2 aromatic rings. The lowest BCUT2D eigenvalue weighted by molar-refractivity contribution is -0.149. The second-order valence-corrected chi connectivity index (χ2v) is 14.0. The molecule has 2 aromatic carbocycles. The molecule has 3 fully saturated rings. The number of hydrogen-bond donors (Lipinski definition) is 3. The number of nitrogens with zero attached hydrogens (tertiary/aromatic N) is 3. The molecule has 0 bridgehead atoms. The second kappa shape index (κ2) is 16.1. The van der Waals surface area contributed by atoms with E-state index in [2.05, 4.69) is 20.9 Å². The summed E-state index contributed by atoms with van der Waals surface area (Å²) in [4.78, 5) is 57.0. The molecule has 50 heavy (non-hydrogen) atoms. The molecule has 13 heteroatoms. The summed E-state index contributed by atoms with van der Waals surface area (Å²) in [6.45, 7) is 4.14. The molecule has 3 N–H and O–H groups in total. The van der Waals surface area contributed by atoms with E-state index < -0.39 is 53.0 Å². The first-order chi connectivity index (χ1) is 23.9. The number of alkyl halides is 2. The summed E-state index contributed by atoms with van der Waals surface area (Å²) in [5, 5.41) is 16.8. The molecule has 1 aliphatic heterocycles. The van der Waals surface area contributed by atoms with Gasteiger partial charge in [-0.2, -0.15) is 14.0 Å². The molecule has 5 rings (SSSR count). The van der Waals surface area contributed by atoms with Crippen LogP contribution in [0.4, 0.5) is 18.9 Å². The quantitative estimate of drug-likeness (QED) is 0.296. The van der Waals surface area contributed by atoms with Crippen LogP contribution >= 0.6 is 0 Å². The van der Waals surface area contributed by atoms with Crippen LogP contribution in [0.5, 0.6) is 0 Å². The molecular formula is C37H45F3N6O4. The highest BCUT2D eigenvalue weighted by molar-refractivity contribution is 5.98. The smallest absolute Gasteiger partial charge is 0.344 e. The number of hydrogen-bond acceptors (Lipinski definition) is 6. The summed E-state index contributed by atoms with van der Waals surface area (Å²) in [6.07, 6.45) is 5.71. The zero-order valence-electron chi connectivity index (χ0n) is 28.5. The van der Waals surface area contributed by atoms with Crippen LogP contribution in [-0.2, 0) is 25.1 Å². The maximum absolute atomic E-state index is 15.7. The first-order valence-electron chi connectivity index (χ1n) is 17.4. The topological polar surface area (TPSA) is 135 Å². The minimum Gasteiger partial charge on any atom is -0.344 e. The predicted molar refractivity (Wildman–Crippen MR) is 180 cm³/mol. The molecule has 0 spiro atoms. The number of piperazine rings is 1. The number of carbonyl (C=O) groups is 4. The summed E-state index contributed by atoms with van der Waals surface area (Å²) in [6, 6.07) is 8.13. The van der Waals surface area contributed by atoms with Crippen molar-refractivity contribution in [1.29, 1.82) is 5.26 Å². The van der Waals surface area contributed by atoms with Gasteiger partial charge in [-0.05, 0) is 74.4 Å². The van der Waals surface area contributed by atoms with E-state index in [4.69, 9.17) is 5.26 Å². The Labute approximate surface area is 290 Å². The fourth-order valence-corrected chi connectivity index (χ4v) is 6.77. The van der Waals surface area contributed by atoms with Crippen molar-refractivity contribution in [3.05, 3.63) is 65.0 Å². The Morgan fingerprint density at radius 2 is 1.66 bits per heavy atom. The van der Waals surface area contributed by atoms with Crippen molar-refractivity contribution >= 4 is 29.3 Å². The van der Waals surface area contributed by atoms with Crippen molar-refractivity contribution in [2.75, 3.05) is 38.5 Å². The van der Waals surface area contributed by atoms with Crippen LogP contribution in [0.1, 0.15) is 80.9 Å². The van der Waals surface area contributed by atoms with Crippen LogP contribution in [0.3, 0.4) is 0 Å². The Hall–Kier alpha value is -4.44. The number of likely N-dealkylation sites (N-methyl/N-ethyl adjacent to an activating group) is 1. The van der Waals surface area contributed by atoms with Gasteiger partial charge in [-0.1, -0.05) is 44.4 Å². The summed E-state index contributed by atoms with van der Waals surface area (Å²) < 4.78 is 46.3. The molecule has 1 heterocycles. The SMILES string of the molecule is CC(c1ccc(NC(=O)C(NC(=O)C(F)(F)c2cccc(C#N)c2)C2CCCCC2)c(F)c1)C(NC(=O)CC1CC1)C(=O)N1CCN(C)CC1. The van der Waals surface area contributed by atoms with Crippen LogP contribution in [0.15, 0.2) is 42.5 Å². The first-order valence-corrected chi connectivity index (χ1v) is 17.4. The lowest BCUT2D eigenvalue weighted by Crippen LogP contribution is -2.55. The van der Waals surface area contributed by atoms with Crippen molar-refractivity contribution in [2.45, 2.75) is 82.2 Å². The molecule has 4 amide bonds. The number of benzene rings is 2. The summed E-state index contributed by atoms with van der Waals surface area (Å²) in [7, 11) is 1.97. The van der Waals surface area contributed by atoms with E-state index in [1.54, 1.807) is 24.0 Å². The molecule has 2 aliphatic carbocycles. The molecule has 10 nitrogen and oxygen atoms in total. The number of nitrogens with one attached hydrogen (secondary N) is 3. The van der Waals surface area contributed by atoms with Crippen LogP contribution in [-0.4, -0.2) is 78.7 Å². The fourth-order valence-electron chi connectivity index (χ4n) is 6.77. The minimum atomic E-state index is -4.03. The van der Waals surface area contributed by atoms with Gasteiger partial charge in [-0.25, -0.2) is 4.39 Å². The van der Waals surface area contributed by atoms with Crippen molar-refractivity contribution in [3.63, 3.8) is 0 Å². The average Bonchev–Trinajstić information content (AvgIpc) is 3.94. The van der Waals surface area contributed by atoms with Gasteiger partial charge < -0.3 is 25.8 Å². The van der Waals surface area contributed by atoms with Crippen molar-refractivity contribution in [3.8, 4) is 6.07 Å². The van der Waals surface area contributed by atoms with Crippen molar-refractivity contribution < 1.29 is 32.3 Å². The van der Waals surface area contributed by atoms with E-state index in [0.29, 0.717) is 56.9 Å². The van der Waals surface area contributed by atoms with Gasteiger partial charge in [0, 0.05) is 44.1 Å². The van der Waals surface area contributed by atoms with Gasteiger partial charge in [0.25, 0.3) is 5.91 Å². The van der Waals surface area contributed by atoms with Gasteiger partial charge in [0.2, 0.25) is 17.7 Å². The third-order valence-electron chi connectivity index (χ3n) is 10.2. The van der Waals surface area contributed by atoms with E-state index in [-0.39, 0.29) is 23.1 Å². The molecular weight excluding hydrogens is 649 g/mol. The Kier molecular flexibility index (Phi) is 11.8. The largest absolute Gasteiger partial charge is 0.349 e. The molecule has 1 saturated heterocycles. The third kappa shape index (κ3) is 9.01. The predicted octanol–water partition coefficient (Wildman–Crippen LogP) is 4.66. The van der Waals surface area contributed by atoms with Crippen LogP contribution < -0.4 is 16.0 Å². The molecule has 3 atom stereocenters. The number of nitriles is 1. The van der Waals surface area contributed by atoms with Crippen LogP contribution in [0.25, 0.3) is 0 Å². The molecule has 0 aromatic heterocycles. The zero-order chi connectivity index (χ0) is 36.0. The summed E-state index contributed by atoms with van der Waals surface area (Å²) in [5.41, 5.74) is -0.508. The van der Waals surface area contributed by atoms with Gasteiger partial charge in [0.15, 0.2) is 0 Å². The molecule has 268 valence electrons. The van der Waals surface area contributed by atoms with E-state index in [0.717, 1.165) is 44.2 Å². The first kappa shape index (κ1) is 36.8. The zero-order valence-corrected chi connectivity index (χ0v) is 28.5. The second-order valence-electron chi connectivity index (χ2n) is 14.0. The molecule has 0 radical (unpaired) electrons. The highest BCUT2D eigenvalue weighted by atomic mass is 19.3. The summed E-state index contributed by atoms with van der Waals surface area (Å²) in [5.74, 6) is -8.58. The normalized spacial score (nSPS) is 19.1. The highest BCUT2D eigenvalue weighted by Crippen LogP contribution is 2.34. The van der Waals surface area contributed by atoms with Crippen LogP contribution in [0.2, 0.25) is 0 Å². The van der Waals surface area contributed by atoms with E-state index in [9.17, 15) is 19.2 Å². The standard InChI is InChI=1S/C37H45F3N6O4/c1-23(32(43-31(47)20-24-11-12-24)35(49)46-17-15-45(2)16-18-46)27-13-14-30(29(38)21-27)42-34(48)33(26-8-4-3-5-9-26)44-36(50)37(39,40)28-10-6-7-25(19-28)22-41/h6-7,10,13-14,19,21,23-24,26,32-33H,3-5,8-9,11-12,15-18,20H2,1-2H3,(H,42,48)(H,43,47)(H,44,50). The lowest BCUT2D eigenvalue weighted by atomic mass is 9.83. The molecule has 3 unspecified atom stereocenters. The lowest BCUT2D eigenvalue weighted by Gasteiger charge is -2.36. The molecule has 3 aliphatic rings. The maximum Gasteiger partial charge on any atom is 0.349 e. The van der Waals surface area contributed by atoms with Crippen molar-refractivity contribution in [2.24, 2.45) is 11.8 Å². The van der Waals surface area contributed by atoms with E-state index in [1.165, 1.54) is 24.3 Å². The Morgan fingerprint density at radius 1 is 0.960 bits per heavy atom. The number of halogens is 3. The number of carbonyl (C=O) groups excluding carboxylic acids is 4. The van der Waals surface area contributed by atoms with E-state index >= 15 is 13.2 Å². The number of rotatable bonds is 12. The minimum absolute atomic E-state index is 0.0413. The third-order valence-corrected chi connectivity index (χ3v) is 10.2. The van der Waals surface area contributed by atoms with Gasteiger partial charge >= 0.3 is 5.92 Å². The van der Waals surface area contributed by atoms with Crippen molar-refractivity contribution in [1.82, 2.24) is 20.4 Å². The maximum atomic E-state index is 15.7. The van der Waals surface area contributed by atoms with Gasteiger partial charge in [-0.3, -0.25) is 19.2 Å². The highest BCUT2D eigenvalue weighted by Gasteiger charge is 2.44. The van der Waals surface area contributed by atoms with E-state index in [1.807, 2.05) is 7.05 Å². The van der Waals surface area contributed by atoms with Crippen LogP contribution in [0, 0.1) is 29.0 Å². The Bertz CT molecular complexity index is 1610. The number of amides is 4. The van der Waals surface area contributed by atoms with Gasteiger partial charge in [-0.15, -0.1) is 0 Å².